The number of carbonyl (C=O) groups is 1. The molecule has 0 saturated heterocycles. The summed E-state index contributed by atoms with van der Waals surface area (Å²) in [4.78, 5) is 30.6. The van der Waals surface area contributed by atoms with Crippen molar-refractivity contribution in [1.82, 2.24) is 0 Å². The van der Waals surface area contributed by atoms with Crippen molar-refractivity contribution in [3.05, 3.63) is 26.7 Å². The van der Waals surface area contributed by atoms with Crippen LogP contribution >= 0.6 is 15.9 Å². The zero-order valence-corrected chi connectivity index (χ0v) is 13.1. The highest BCUT2D eigenvalue weighted by atomic mass is 79.9. The summed E-state index contributed by atoms with van der Waals surface area (Å²) in [6, 6.07) is 1.99. The molecule has 2 rings (SSSR count). The number of rotatable bonds is 5. The normalized spacial score (nSPS) is 14.6. The van der Waals surface area contributed by atoms with Gasteiger partial charge in [-0.05, 0) is 34.8 Å². The molecule has 0 radical (unpaired) electrons. The van der Waals surface area contributed by atoms with Gasteiger partial charge in [0.1, 0.15) is 0 Å². The predicted molar refractivity (Wildman–Crippen MR) is 73.4 cm³/mol. The summed E-state index contributed by atoms with van der Waals surface area (Å²) in [6.07, 6.45) is 2.31. The molecule has 0 atom stereocenters. The van der Waals surface area contributed by atoms with E-state index in [0.717, 1.165) is 18.4 Å². The van der Waals surface area contributed by atoms with E-state index in [1.807, 2.05) is 0 Å². The van der Waals surface area contributed by atoms with Crippen LogP contribution in [0.5, 0.6) is 5.75 Å². The second-order valence-corrected chi connectivity index (χ2v) is 7.41. The van der Waals surface area contributed by atoms with E-state index in [1.54, 1.807) is 0 Å². The molecule has 0 bridgehead atoms. The maximum atomic E-state index is 11.5. The van der Waals surface area contributed by atoms with Crippen LogP contribution < -0.4 is 4.89 Å². The Morgan fingerprint density at radius 3 is 2.52 bits per heavy atom. The standard InChI is InChI=1S/C11H10BrNO7S/c1-21(17,18)7-4-8(12)10(9(5-7)13(15)16)19-20-11(14)6-2-3-6/h4-6H,2-3H2,1H3. The molecule has 1 fully saturated rings. The zero-order valence-electron chi connectivity index (χ0n) is 10.7. The van der Waals surface area contributed by atoms with Crippen LogP contribution in [0.2, 0.25) is 0 Å². The molecule has 1 aromatic rings. The van der Waals surface area contributed by atoms with Gasteiger partial charge < -0.3 is 0 Å². The fourth-order valence-corrected chi connectivity index (χ4v) is 2.78. The van der Waals surface area contributed by atoms with Crippen molar-refractivity contribution in [1.29, 1.82) is 0 Å². The van der Waals surface area contributed by atoms with Crippen LogP contribution in [0.15, 0.2) is 21.5 Å². The summed E-state index contributed by atoms with van der Waals surface area (Å²) in [6.45, 7) is 0. The first kappa shape index (κ1) is 15.7. The summed E-state index contributed by atoms with van der Waals surface area (Å²) in [5.41, 5.74) is -0.617. The number of benzene rings is 1. The predicted octanol–water partition coefficient (Wildman–Crippen LogP) is 2.01. The van der Waals surface area contributed by atoms with Gasteiger partial charge in [0.2, 0.25) is 0 Å². The van der Waals surface area contributed by atoms with Crippen LogP contribution in [-0.4, -0.2) is 25.6 Å². The molecule has 10 heteroatoms. The maximum Gasteiger partial charge on any atom is 0.358 e. The van der Waals surface area contributed by atoms with Crippen molar-refractivity contribution < 1.29 is 27.9 Å². The second-order valence-electron chi connectivity index (χ2n) is 4.54. The third-order valence-corrected chi connectivity index (χ3v) is 4.42. The smallest absolute Gasteiger partial charge is 0.278 e. The Labute approximate surface area is 128 Å². The van der Waals surface area contributed by atoms with E-state index < -0.39 is 26.4 Å². The summed E-state index contributed by atoms with van der Waals surface area (Å²) in [5, 5.41) is 11.0. The van der Waals surface area contributed by atoms with Crippen molar-refractivity contribution in [2.45, 2.75) is 17.7 Å². The molecule has 0 heterocycles. The number of nitrogens with zero attached hydrogens (tertiary/aromatic N) is 1. The largest absolute Gasteiger partial charge is 0.358 e. The number of hydrogen-bond donors (Lipinski definition) is 0. The van der Waals surface area contributed by atoms with E-state index in [0.29, 0.717) is 12.8 Å². The first-order valence-electron chi connectivity index (χ1n) is 5.76. The van der Waals surface area contributed by atoms with Gasteiger partial charge in [0.15, 0.2) is 9.84 Å². The second kappa shape index (κ2) is 5.60. The van der Waals surface area contributed by atoms with Crippen molar-refractivity contribution in [3.63, 3.8) is 0 Å². The maximum absolute atomic E-state index is 11.5. The van der Waals surface area contributed by atoms with Gasteiger partial charge in [-0.15, -0.1) is 0 Å². The molecule has 1 saturated carbocycles. The molecule has 0 spiro atoms. The van der Waals surface area contributed by atoms with Gasteiger partial charge in [-0.3, -0.25) is 15.0 Å². The molecule has 0 N–H and O–H groups in total. The van der Waals surface area contributed by atoms with Gasteiger partial charge >= 0.3 is 11.7 Å². The van der Waals surface area contributed by atoms with Crippen molar-refractivity contribution in [2.24, 2.45) is 5.92 Å². The number of halogens is 1. The van der Waals surface area contributed by atoms with Crippen LogP contribution in [0.25, 0.3) is 0 Å². The van der Waals surface area contributed by atoms with Gasteiger partial charge in [0.05, 0.1) is 20.2 Å². The monoisotopic (exact) mass is 379 g/mol. The first-order valence-corrected chi connectivity index (χ1v) is 8.45. The summed E-state index contributed by atoms with van der Waals surface area (Å²) in [7, 11) is -3.63. The average molecular weight is 380 g/mol. The Kier molecular flexibility index (Phi) is 4.19. The quantitative estimate of drug-likeness (QED) is 0.436. The van der Waals surface area contributed by atoms with Gasteiger partial charge in [0.25, 0.3) is 5.75 Å². The number of nitro groups is 1. The van der Waals surface area contributed by atoms with Gasteiger partial charge in [-0.2, -0.15) is 0 Å². The number of carbonyl (C=O) groups excluding carboxylic acids is 1. The molecule has 1 aliphatic rings. The van der Waals surface area contributed by atoms with Gasteiger partial charge in [-0.25, -0.2) is 18.1 Å². The minimum atomic E-state index is -3.63. The third kappa shape index (κ3) is 3.70. The lowest BCUT2D eigenvalue weighted by Gasteiger charge is -2.08. The Hall–Kier alpha value is -1.68. The van der Waals surface area contributed by atoms with Crippen LogP contribution in [0.4, 0.5) is 5.69 Å². The molecular formula is C11H10BrNO7S. The van der Waals surface area contributed by atoms with Crippen molar-refractivity contribution >= 4 is 37.4 Å². The van der Waals surface area contributed by atoms with Crippen molar-refractivity contribution in [2.75, 3.05) is 6.26 Å². The molecule has 1 aliphatic carbocycles. The summed E-state index contributed by atoms with van der Waals surface area (Å²) in [5.74, 6) is -1.21. The number of hydrogen-bond acceptors (Lipinski definition) is 7. The number of sulfone groups is 1. The zero-order chi connectivity index (χ0) is 15.8. The molecule has 1 aromatic carbocycles. The highest BCUT2D eigenvalue weighted by Gasteiger charge is 2.34. The lowest BCUT2D eigenvalue weighted by Crippen LogP contribution is -2.11. The fourth-order valence-electron chi connectivity index (χ4n) is 1.46. The fraction of sp³-hybridized carbons (Fsp3) is 0.364. The van der Waals surface area contributed by atoms with E-state index in [9.17, 15) is 23.3 Å². The molecule has 8 nitrogen and oxygen atoms in total. The van der Waals surface area contributed by atoms with E-state index in [4.69, 9.17) is 4.89 Å². The summed E-state index contributed by atoms with van der Waals surface area (Å²) < 4.78 is 22.9. The average Bonchev–Trinajstić information content (AvgIpc) is 3.18. The highest BCUT2D eigenvalue weighted by molar-refractivity contribution is 9.10. The van der Waals surface area contributed by atoms with E-state index in [1.165, 1.54) is 0 Å². The van der Waals surface area contributed by atoms with E-state index in [2.05, 4.69) is 20.8 Å². The topological polar surface area (TPSA) is 113 Å². The van der Waals surface area contributed by atoms with E-state index >= 15 is 0 Å². The van der Waals surface area contributed by atoms with Crippen LogP contribution in [0, 0.1) is 16.0 Å². The van der Waals surface area contributed by atoms with Crippen molar-refractivity contribution in [3.8, 4) is 5.75 Å². The first-order chi connectivity index (χ1) is 9.70. The van der Waals surface area contributed by atoms with Crippen LogP contribution in [-0.2, 0) is 19.5 Å². The Bertz CT molecular complexity index is 712. The Balaban J connectivity index is 2.34. The minimum absolute atomic E-state index is 0.000668. The molecule has 0 unspecified atom stereocenters. The lowest BCUT2D eigenvalue weighted by atomic mass is 10.3. The SMILES string of the molecule is CS(=O)(=O)c1cc(Br)c(OOC(=O)C2CC2)c([N+](=O)[O-])c1. The highest BCUT2D eigenvalue weighted by Crippen LogP contribution is 2.38. The molecular weight excluding hydrogens is 370 g/mol. The molecule has 0 amide bonds. The van der Waals surface area contributed by atoms with E-state index in [-0.39, 0.29) is 21.0 Å². The van der Waals surface area contributed by atoms with Gasteiger partial charge in [0, 0.05) is 12.3 Å². The molecule has 0 aromatic heterocycles. The molecule has 21 heavy (non-hydrogen) atoms. The third-order valence-electron chi connectivity index (χ3n) is 2.74. The Morgan fingerprint density at radius 1 is 1.43 bits per heavy atom. The van der Waals surface area contributed by atoms with Crippen LogP contribution in [0.1, 0.15) is 12.8 Å². The van der Waals surface area contributed by atoms with Gasteiger partial charge in [-0.1, -0.05) is 0 Å². The minimum Gasteiger partial charge on any atom is -0.278 e. The lowest BCUT2D eigenvalue weighted by molar-refractivity contribution is -0.388. The van der Waals surface area contributed by atoms with Crippen LogP contribution in [0.3, 0.4) is 0 Å². The summed E-state index contributed by atoms with van der Waals surface area (Å²) >= 11 is 2.98. The molecule has 0 aliphatic heterocycles. The molecule has 114 valence electrons. The number of nitro benzene ring substituents is 1. The Morgan fingerprint density at radius 2 is 2.05 bits per heavy atom.